The third-order valence-corrected chi connectivity index (χ3v) is 2.78. The predicted molar refractivity (Wildman–Crippen MR) is 67.5 cm³/mol. The van der Waals surface area contributed by atoms with Crippen LogP contribution >= 0.6 is 0 Å². The first kappa shape index (κ1) is 13.8. The van der Waals surface area contributed by atoms with Crippen LogP contribution in [-0.2, 0) is 18.2 Å². The Bertz CT molecular complexity index is 472. The summed E-state index contributed by atoms with van der Waals surface area (Å²) in [5.74, 6) is 0. The first-order chi connectivity index (χ1) is 8.67. The maximum atomic E-state index is 11.7. The molecule has 0 spiro atoms. The molecule has 0 atom stereocenters. The first-order valence-corrected chi connectivity index (χ1v) is 6.22. The Morgan fingerprint density at radius 3 is 2.63 bits per heavy atom. The molecular formula is C12H20N4O3. The van der Waals surface area contributed by atoms with E-state index in [9.17, 15) is 9.90 Å². The van der Waals surface area contributed by atoms with Gasteiger partial charge >= 0.3 is 6.09 Å². The highest BCUT2D eigenvalue weighted by atomic mass is 16.6. The van der Waals surface area contributed by atoms with E-state index in [1.54, 1.807) is 17.9 Å². The summed E-state index contributed by atoms with van der Waals surface area (Å²) in [6.45, 7) is 5.97. The molecule has 2 rings (SSSR count). The van der Waals surface area contributed by atoms with Crippen LogP contribution in [0.1, 0.15) is 26.5 Å². The van der Waals surface area contributed by atoms with E-state index >= 15 is 0 Å². The van der Waals surface area contributed by atoms with Crippen LogP contribution in [0.4, 0.5) is 4.79 Å². The van der Waals surface area contributed by atoms with Gasteiger partial charge in [-0.25, -0.2) is 4.79 Å². The number of aromatic nitrogens is 3. The van der Waals surface area contributed by atoms with E-state index in [4.69, 9.17) is 4.74 Å². The summed E-state index contributed by atoms with van der Waals surface area (Å²) < 4.78 is 6.82. The molecule has 0 bridgehead atoms. The highest BCUT2D eigenvalue weighted by molar-refractivity contribution is 5.69. The normalized spacial score (nSPS) is 18.1. The first-order valence-electron chi connectivity index (χ1n) is 6.22. The lowest BCUT2D eigenvalue weighted by Crippen LogP contribution is -2.65. The van der Waals surface area contributed by atoms with Crippen molar-refractivity contribution in [1.82, 2.24) is 19.9 Å². The van der Waals surface area contributed by atoms with Gasteiger partial charge in [-0.2, -0.15) is 0 Å². The van der Waals surface area contributed by atoms with E-state index in [1.807, 2.05) is 20.8 Å². The Hall–Kier alpha value is -1.63. The van der Waals surface area contributed by atoms with Crippen LogP contribution in [-0.4, -0.2) is 55.4 Å². The van der Waals surface area contributed by atoms with Gasteiger partial charge in [0, 0.05) is 19.7 Å². The van der Waals surface area contributed by atoms with Crippen LogP contribution in [0.2, 0.25) is 0 Å². The highest BCUT2D eigenvalue weighted by Crippen LogP contribution is 2.26. The lowest BCUT2D eigenvalue weighted by molar-refractivity contribution is -0.0978. The lowest BCUT2D eigenvalue weighted by atomic mass is 9.90. The zero-order valence-electron chi connectivity index (χ0n) is 11.8. The van der Waals surface area contributed by atoms with Crippen molar-refractivity contribution in [1.29, 1.82) is 0 Å². The third kappa shape index (κ3) is 3.44. The van der Waals surface area contributed by atoms with Crippen molar-refractivity contribution in [3.05, 3.63) is 11.9 Å². The van der Waals surface area contributed by atoms with Crippen molar-refractivity contribution in [2.24, 2.45) is 7.05 Å². The van der Waals surface area contributed by atoms with E-state index in [0.717, 1.165) is 0 Å². The topological polar surface area (TPSA) is 80.5 Å². The number of aryl methyl sites for hydroxylation is 1. The fraction of sp³-hybridized carbons (Fsp3) is 0.750. The van der Waals surface area contributed by atoms with Gasteiger partial charge < -0.3 is 14.7 Å². The molecule has 7 heteroatoms. The Balaban J connectivity index is 1.86. The van der Waals surface area contributed by atoms with E-state index in [-0.39, 0.29) is 13.1 Å². The van der Waals surface area contributed by atoms with Gasteiger partial charge in [0.2, 0.25) is 0 Å². The second kappa shape index (κ2) is 4.48. The fourth-order valence-corrected chi connectivity index (χ4v) is 2.05. The molecule has 1 N–H and O–H groups in total. The zero-order chi connectivity index (χ0) is 14.3. The van der Waals surface area contributed by atoms with Gasteiger partial charge in [-0.05, 0) is 20.8 Å². The van der Waals surface area contributed by atoms with Crippen LogP contribution in [0.25, 0.3) is 0 Å². The lowest BCUT2D eigenvalue weighted by Gasteiger charge is -2.46. The summed E-state index contributed by atoms with van der Waals surface area (Å²) in [4.78, 5) is 13.2. The molecule has 0 saturated carbocycles. The molecule has 0 unspecified atom stereocenters. The molecule has 0 aliphatic carbocycles. The van der Waals surface area contributed by atoms with Gasteiger partial charge in [0.15, 0.2) is 0 Å². The SMILES string of the molecule is Cn1cc(CC2(O)CN(C(=O)OC(C)(C)C)C2)nn1. The number of β-amino-alcohol motifs (C(OH)–C–C–N with tert-alkyl or cyclic N) is 1. The van der Waals surface area contributed by atoms with Gasteiger partial charge in [-0.1, -0.05) is 5.21 Å². The van der Waals surface area contributed by atoms with E-state index < -0.39 is 17.3 Å². The number of carbonyl (C=O) groups is 1. The molecule has 1 aliphatic heterocycles. The Morgan fingerprint density at radius 2 is 2.16 bits per heavy atom. The maximum absolute atomic E-state index is 11.7. The number of hydrogen-bond donors (Lipinski definition) is 1. The largest absolute Gasteiger partial charge is 0.444 e. The Labute approximate surface area is 112 Å². The van der Waals surface area contributed by atoms with Gasteiger partial charge in [-0.3, -0.25) is 4.68 Å². The summed E-state index contributed by atoms with van der Waals surface area (Å²) in [5, 5.41) is 18.0. The monoisotopic (exact) mass is 268 g/mol. The van der Waals surface area contributed by atoms with Crippen LogP contribution in [0.3, 0.4) is 0 Å². The second-order valence-electron chi connectivity index (χ2n) is 6.12. The highest BCUT2D eigenvalue weighted by Gasteiger charge is 2.45. The minimum absolute atomic E-state index is 0.262. The summed E-state index contributed by atoms with van der Waals surface area (Å²) in [6, 6.07) is 0. The number of hydrogen-bond acceptors (Lipinski definition) is 5. The van der Waals surface area contributed by atoms with Crippen molar-refractivity contribution in [2.45, 2.75) is 38.4 Å². The quantitative estimate of drug-likeness (QED) is 0.836. The molecular weight excluding hydrogens is 248 g/mol. The van der Waals surface area contributed by atoms with Crippen molar-refractivity contribution < 1.29 is 14.6 Å². The van der Waals surface area contributed by atoms with Crippen LogP contribution in [0.5, 0.6) is 0 Å². The minimum Gasteiger partial charge on any atom is -0.444 e. The van der Waals surface area contributed by atoms with E-state index in [1.165, 1.54) is 4.90 Å². The molecule has 0 radical (unpaired) electrons. The number of nitrogens with zero attached hydrogens (tertiary/aromatic N) is 4. The van der Waals surface area contributed by atoms with Crippen molar-refractivity contribution in [3.63, 3.8) is 0 Å². The summed E-state index contributed by atoms with van der Waals surface area (Å²) in [5.41, 5.74) is -0.725. The zero-order valence-corrected chi connectivity index (χ0v) is 11.8. The minimum atomic E-state index is -0.924. The Kier molecular flexibility index (Phi) is 3.25. The van der Waals surface area contributed by atoms with E-state index in [0.29, 0.717) is 12.1 Å². The van der Waals surface area contributed by atoms with Crippen LogP contribution in [0.15, 0.2) is 6.20 Å². The molecule has 1 aromatic rings. The van der Waals surface area contributed by atoms with E-state index in [2.05, 4.69) is 10.3 Å². The molecule has 1 amide bonds. The molecule has 106 valence electrons. The van der Waals surface area contributed by atoms with Crippen LogP contribution in [0, 0.1) is 0 Å². The molecule has 7 nitrogen and oxygen atoms in total. The molecule has 1 aromatic heterocycles. The van der Waals surface area contributed by atoms with Gasteiger partial charge in [0.25, 0.3) is 0 Å². The summed E-state index contributed by atoms with van der Waals surface area (Å²) in [6.07, 6.45) is 1.75. The van der Waals surface area contributed by atoms with Crippen molar-refractivity contribution >= 4 is 6.09 Å². The number of ether oxygens (including phenoxy) is 1. The average molecular weight is 268 g/mol. The predicted octanol–water partition coefficient (Wildman–Crippen LogP) is 0.339. The van der Waals surface area contributed by atoms with Crippen molar-refractivity contribution in [2.75, 3.05) is 13.1 Å². The van der Waals surface area contributed by atoms with Crippen molar-refractivity contribution in [3.8, 4) is 0 Å². The summed E-state index contributed by atoms with van der Waals surface area (Å²) in [7, 11) is 1.77. The Morgan fingerprint density at radius 1 is 1.53 bits per heavy atom. The number of likely N-dealkylation sites (tertiary alicyclic amines) is 1. The molecule has 1 fully saturated rings. The standard InChI is InChI=1S/C12H20N4O3/c1-11(2,3)19-10(17)16-7-12(18,8-16)5-9-6-15(4)14-13-9/h6,18H,5,7-8H2,1-4H3. The fourth-order valence-electron chi connectivity index (χ4n) is 2.05. The van der Waals surface area contributed by atoms with Gasteiger partial charge in [0.05, 0.1) is 18.8 Å². The maximum Gasteiger partial charge on any atom is 0.410 e. The molecule has 0 aromatic carbocycles. The number of rotatable bonds is 2. The third-order valence-electron chi connectivity index (χ3n) is 2.78. The smallest absolute Gasteiger partial charge is 0.410 e. The number of amides is 1. The number of carbonyl (C=O) groups excluding carboxylic acids is 1. The van der Waals surface area contributed by atoms with Crippen LogP contribution < -0.4 is 0 Å². The molecule has 2 heterocycles. The molecule has 1 saturated heterocycles. The second-order valence-corrected chi connectivity index (χ2v) is 6.12. The average Bonchev–Trinajstić information content (AvgIpc) is 2.57. The summed E-state index contributed by atoms with van der Waals surface area (Å²) >= 11 is 0. The van der Waals surface area contributed by atoms with Gasteiger partial charge in [-0.15, -0.1) is 5.10 Å². The van der Waals surface area contributed by atoms with Gasteiger partial charge in [0.1, 0.15) is 11.2 Å². The molecule has 1 aliphatic rings. The number of aliphatic hydroxyl groups is 1. The molecule has 19 heavy (non-hydrogen) atoms.